The Hall–Kier alpha value is -0.610. The molecule has 1 rings (SSSR count). The molecule has 17 heavy (non-hydrogen) atoms. The number of hydrogen-bond acceptors (Lipinski definition) is 3. The highest BCUT2D eigenvalue weighted by molar-refractivity contribution is 5.82. The van der Waals surface area contributed by atoms with E-state index >= 15 is 0 Å². The summed E-state index contributed by atoms with van der Waals surface area (Å²) in [6, 6.07) is 0.231. The van der Waals surface area contributed by atoms with Crippen molar-refractivity contribution >= 4 is 5.91 Å². The minimum atomic E-state index is -0.00185. The van der Waals surface area contributed by atoms with Crippen molar-refractivity contribution in [1.82, 2.24) is 10.2 Å². The van der Waals surface area contributed by atoms with Gasteiger partial charge in [0.1, 0.15) is 0 Å². The van der Waals surface area contributed by atoms with Gasteiger partial charge in [-0.15, -0.1) is 0 Å². The molecule has 2 unspecified atom stereocenters. The lowest BCUT2D eigenvalue weighted by Gasteiger charge is -2.34. The van der Waals surface area contributed by atoms with Crippen LogP contribution in [0.2, 0.25) is 0 Å². The molecule has 0 aromatic heterocycles. The van der Waals surface area contributed by atoms with Crippen molar-refractivity contribution in [2.24, 2.45) is 5.92 Å². The monoisotopic (exact) mass is 242 g/mol. The maximum Gasteiger partial charge on any atom is 0.240 e. The lowest BCUT2D eigenvalue weighted by atomic mass is 9.93. The summed E-state index contributed by atoms with van der Waals surface area (Å²) in [7, 11) is 1.67. The highest BCUT2D eigenvalue weighted by Crippen LogP contribution is 2.17. The smallest absolute Gasteiger partial charge is 0.240 e. The van der Waals surface area contributed by atoms with Crippen LogP contribution in [0.1, 0.15) is 33.6 Å². The first-order valence-electron chi connectivity index (χ1n) is 6.59. The van der Waals surface area contributed by atoms with Gasteiger partial charge in [-0.1, -0.05) is 6.92 Å². The van der Waals surface area contributed by atoms with Crippen LogP contribution in [-0.2, 0) is 9.53 Å². The Kier molecular flexibility index (Phi) is 5.92. The Morgan fingerprint density at radius 3 is 2.76 bits per heavy atom. The summed E-state index contributed by atoms with van der Waals surface area (Å²) >= 11 is 0. The normalized spacial score (nSPS) is 25.0. The van der Waals surface area contributed by atoms with Crippen molar-refractivity contribution in [3.8, 4) is 0 Å². The van der Waals surface area contributed by atoms with Crippen LogP contribution in [0.3, 0.4) is 0 Å². The van der Waals surface area contributed by atoms with Gasteiger partial charge in [0.2, 0.25) is 5.91 Å². The van der Waals surface area contributed by atoms with Crippen LogP contribution in [-0.4, -0.2) is 49.7 Å². The van der Waals surface area contributed by atoms with Crippen molar-refractivity contribution in [2.75, 3.05) is 26.8 Å². The van der Waals surface area contributed by atoms with Gasteiger partial charge in [0.25, 0.3) is 0 Å². The fourth-order valence-corrected chi connectivity index (χ4v) is 2.31. The van der Waals surface area contributed by atoms with Gasteiger partial charge in [0, 0.05) is 19.7 Å². The second-order valence-electron chi connectivity index (χ2n) is 5.25. The van der Waals surface area contributed by atoms with Gasteiger partial charge in [-0.05, 0) is 39.2 Å². The third-order valence-corrected chi connectivity index (χ3v) is 3.41. The maximum atomic E-state index is 12.4. The van der Waals surface area contributed by atoms with E-state index in [1.165, 1.54) is 6.42 Å². The van der Waals surface area contributed by atoms with Crippen molar-refractivity contribution in [2.45, 2.75) is 45.7 Å². The Morgan fingerprint density at radius 1 is 1.53 bits per heavy atom. The topological polar surface area (TPSA) is 41.6 Å². The summed E-state index contributed by atoms with van der Waals surface area (Å²) in [6.45, 7) is 8.56. The number of carbonyl (C=O) groups excluding carboxylic acids is 1. The number of ether oxygens (including phenoxy) is 1. The minimum absolute atomic E-state index is 0.00185. The third kappa shape index (κ3) is 4.28. The Labute approximate surface area is 105 Å². The second-order valence-corrected chi connectivity index (χ2v) is 5.25. The van der Waals surface area contributed by atoms with E-state index in [1.54, 1.807) is 7.11 Å². The van der Waals surface area contributed by atoms with Crippen LogP contribution < -0.4 is 5.32 Å². The SMILES string of the molecule is COCCN(C(=O)C1CC(C)CCN1)C(C)C. The molecule has 4 nitrogen and oxygen atoms in total. The van der Waals surface area contributed by atoms with E-state index in [0.717, 1.165) is 13.0 Å². The standard InChI is InChI=1S/C13H26N2O2/c1-10(2)15(7-8-17-4)13(16)12-9-11(3)5-6-14-12/h10-12,14H,5-9H2,1-4H3. The van der Waals surface area contributed by atoms with E-state index in [1.807, 2.05) is 4.90 Å². The Morgan fingerprint density at radius 2 is 2.24 bits per heavy atom. The highest BCUT2D eigenvalue weighted by Gasteiger charge is 2.29. The van der Waals surface area contributed by atoms with Crippen molar-refractivity contribution in [3.05, 3.63) is 0 Å². The first kappa shape index (κ1) is 14.5. The number of nitrogens with zero attached hydrogens (tertiary/aromatic N) is 1. The van der Waals surface area contributed by atoms with Gasteiger partial charge in [0.05, 0.1) is 12.6 Å². The molecule has 0 aromatic carbocycles. The summed E-state index contributed by atoms with van der Waals surface area (Å²) in [5.41, 5.74) is 0. The molecule has 1 fully saturated rings. The molecule has 2 atom stereocenters. The summed E-state index contributed by atoms with van der Waals surface area (Å²) in [6.07, 6.45) is 2.12. The highest BCUT2D eigenvalue weighted by atomic mass is 16.5. The van der Waals surface area contributed by atoms with E-state index in [9.17, 15) is 4.79 Å². The molecule has 1 saturated heterocycles. The Bertz CT molecular complexity index is 244. The van der Waals surface area contributed by atoms with E-state index in [-0.39, 0.29) is 18.0 Å². The third-order valence-electron chi connectivity index (χ3n) is 3.41. The number of piperidine rings is 1. The average molecular weight is 242 g/mol. The fraction of sp³-hybridized carbons (Fsp3) is 0.923. The molecule has 0 spiro atoms. The summed E-state index contributed by atoms with van der Waals surface area (Å²) < 4.78 is 5.07. The lowest BCUT2D eigenvalue weighted by Crippen LogP contribution is -2.52. The molecule has 100 valence electrons. The summed E-state index contributed by atoms with van der Waals surface area (Å²) in [4.78, 5) is 14.3. The zero-order valence-electron chi connectivity index (χ0n) is 11.5. The van der Waals surface area contributed by atoms with E-state index in [0.29, 0.717) is 19.1 Å². The van der Waals surface area contributed by atoms with Gasteiger partial charge in [-0.2, -0.15) is 0 Å². The molecule has 4 heteroatoms. The summed E-state index contributed by atoms with van der Waals surface area (Å²) in [5.74, 6) is 0.866. The molecule has 0 aromatic rings. The van der Waals surface area contributed by atoms with Crippen molar-refractivity contribution in [3.63, 3.8) is 0 Å². The number of amides is 1. The molecule has 0 saturated carbocycles. The van der Waals surface area contributed by atoms with Crippen molar-refractivity contribution in [1.29, 1.82) is 0 Å². The second kappa shape index (κ2) is 6.97. The molecule has 0 aliphatic carbocycles. The number of hydrogen-bond donors (Lipinski definition) is 1. The van der Waals surface area contributed by atoms with Gasteiger partial charge >= 0.3 is 0 Å². The predicted molar refractivity (Wildman–Crippen MR) is 68.9 cm³/mol. The first-order valence-corrected chi connectivity index (χ1v) is 6.59. The molecular formula is C13H26N2O2. The van der Waals surface area contributed by atoms with Crippen LogP contribution in [0.4, 0.5) is 0 Å². The van der Waals surface area contributed by atoms with Crippen LogP contribution in [0, 0.1) is 5.92 Å². The number of rotatable bonds is 5. The van der Waals surface area contributed by atoms with E-state index < -0.39 is 0 Å². The van der Waals surface area contributed by atoms with Gasteiger partial charge in [-0.3, -0.25) is 4.79 Å². The zero-order valence-corrected chi connectivity index (χ0v) is 11.5. The molecule has 0 radical (unpaired) electrons. The largest absolute Gasteiger partial charge is 0.383 e. The molecular weight excluding hydrogens is 216 g/mol. The summed E-state index contributed by atoms with van der Waals surface area (Å²) in [5, 5.41) is 3.33. The van der Waals surface area contributed by atoms with Gasteiger partial charge in [0.15, 0.2) is 0 Å². The number of nitrogens with one attached hydrogen (secondary N) is 1. The van der Waals surface area contributed by atoms with Crippen LogP contribution in [0.25, 0.3) is 0 Å². The fourth-order valence-electron chi connectivity index (χ4n) is 2.31. The molecule has 1 heterocycles. The van der Waals surface area contributed by atoms with E-state index in [4.69, 9.17) is 4.74 Å². The van der Waals surface area contributed by atoms with Crippen LogP contribution in [0.15, 0.2) is 0 Å². The maximum absolute atomic E-state index is 12.4. The minimum Gasteiger partial charge on any atom is -0.383 e. The van der Waals surface area contributed by atoms with Gasteiger partial charge < -0.3 is 15.0 Å². The predicted octanol–water partition coefficient (Wildman–Crippen LogP) is 1.26. The van der Waals surface area contributed by atoms with Gasteiger partial charge in [-0.25, -0.2) is 0 Å². The van der Waals surface area contributed by atoms with Crippen LogP contribution >= 0.6 is 0 Å². The van der Waals surface area contributed by atoms with E-state index in [2.05, 4.69) is 26.1 Å². The van der Waals surface area contributed by atoms with Crippen LogP contribution in [0.5, 0.6) is 0 Å². The molecule has 1 amide bonds. The first-order chi connectivity index (χ1) is 8.06. The molecule has 1 aliphatic rings. The molecule has 1 N–H and O–H groups in total. The average Bonchev–Trinajstić information content (AvgIpc) is 2.29. The quantitative estimate of drug-likeness (QED) is 0.789. The molecule has 0 bridgehead atoms. The molecule has 1 aliphatic heterocycles. The number of carbonyl (C=O) groups is 1. The zero-order chi connectivity index (χ0) is 12.8. The lowest BCUT2D eigenvalue weighted by molar-refractivity contribution is -0.136. The number of methoxy groups -OCH3 is 1. The Balaban J connectivity index is 2.56. The van der Waals surface area contributed by atoms with Crippen molar-refractivity contribution < 1.29 is 9.53 Å².